The Kier molecular flexibility index (Phi) is 3.61. The first-order valence-electron chi connectivity index (χ1n) is 5.97. The summed E-state index contributed by atoms with van der Waals surface area (Å²) in [5.74, 6) is -1.92. The molecule has 0 aliphatic rings. The average molecular weight is 388 g/mol. The van der Waals surface area contributed by atoms with E-state index in [1.54, 1.807) is 6.07 Å². The highest BCUT2D eigenvalue weighted by molar-refractivity contribution is 9.10. The summed E-state index contributed by atoms with van der Waals surface area (Å²) < 4.78 is 53.7. The molecule has 0 spiro atoms. The Morgan fingerprint density at radius 3 is 2.68 bits per heavy atom. The Bertz CT molecular complexity index is 973. The molecule has 0 atom stereocenters. The van der Waals surface area contributed by atoms with E-state index in [0.29, 0.717) is 11.5 Å². The number of halogens is 3. The lowest BCUT2D eigenvalue weighted by molar-refractivity contribution is 0.552. The highest BCUT2D eigenvalue weighted by Crippen LogP contribution is 2.25. The maximum absolute atomic E-state index is 13.8. The third-order valence-corrected chi connectivity index (χ3v) is 4.96. The normalized spacial score (nSPS) is 11.8. The third kappa shape index (κ3) is 2.69. The van der Waals surface area contributed by atoms with Crippen LogP contribution in [-0.4, -0.2) is 18.6 Å². The van der Waals surface area contributed by atoms with Gasteiger partial charge in [0.15, 0.2) is 0 Å². The van der Waals surface area contributed by atoms with Gasteiger partial charge in [-0.25, -0.2) is 17.2 Å². The molecular weight excluding hydrogens is 380 g/mol. The van der Waals surface area contributed by atoms with E-state index in [1.165, 1.54) is 18.3 Å². The van der Waals surface area contributed by atoms with E-state index in [2.05, 4.69) is 30.8 Å². The summed E-state index contributed by atoms with van der Waals surface area (Å²) in [5.41, 5.74) is 0.945. The summed E-state index contributed by atoms with van der Waals surface area (Å²) in [6.07, 6.45) is 1.52. The van der Waals surface area contributed by atoms with Crippen molar-refractivity contribution in [3.8, 4) is 0 Å². The van der Waals surface area contributed by atoms with Gasteiger partial charge in [-0.05, 0) is 46.3 Å². The molecule has 1 heterocycles. The first kappa shape index (κ1) is 14.9. The van der Waals surface area contributed by atoms with Gasteiger partial charge in [0.2, 0.25) is 0 Å². The van der Waals surface area contributed by atoms with E-state index in [0.717, 1.165) is 11.6 Å². The van der Waals surface area contributed by atoms with E-state index in [4.69, 9.17) is 0 Å². The van der Waals surface area contributed by atoms with E-state index in [-0.39, 0.29) is 10.2 Å². The van der Waals surface area contributed by atoms with Gasteiger partial charge in [0.1, 0.15) is 16.5 Å². The van der Waals surface area contributed by atoms with Crippen LogP contribution in [0.25, 0.3) is 10.9 Å². The lowest BCUT2D eigenvalue weighted by Crippen LogP contribution is -2.15. The third-order valence-electron chi connectivity index (χ3n) is 2.96. The highest BCUT2D eigenvalue weighted by Gasteiger charge is 2.21. The van der Waals surface area contributed by atoms with E-state index < -0.39 is 26.6 Å². The van der Waals surface area contributed by atoms with Gasteiger partial charge < -0.3 is 0 Å². The van der Waals surface area contributed by atoms with Crippen molar-refractivity contribution in [1.82, 2.24) is 10.2 Å². The fourth-order valence-electron chi connectivity index (χ4n) is 1.93. The summed E-state index contributed by atoms with van der Waals surface area (Å²) in [5, 5.41) is 7.22. The van der Waals surface area contributed by atoms with Crippen LogP contribution in [0.1, 0.15) is 0 Å². The number of anilines is 1. The number of aromatic nitrogens is 2. The second-order valence-electron chi connectivity index (χ2n) is 4.47. The molecule has 0 radical (unpaired) electrons. The fraction of sp³-hybridized carbons (Fsp3) is 0. The van der Waals surface area contributed by atoms with Gasteiger partial charge in [-0.3, -0.25) is 9.82 Å². The second kappa shape index (κ2) is 5.33. The van der Waals surface area contributed by atoms with Gasteiger partial charge in [0.05, 0.1) is 16.2 Å². The zero-order valence-electron chi connectivity index (χ0n) is 10.8. The first-order valence-corrected chi connectivity index (χ1v) is 8.25. The molecule has 3 aromatic rings. The Morgan fingerprint density at radius 2 is 1.91 bits per heavy atom. The van der Waals surface area contributed by atoms with Gasteiger partial charge in [0, 0.05) is 11.1 Å². The molecule has 5 nitrogen and oxygen atoms in total. The topological polar surface area (TPSA) is 74.8 Å². The Labute approximate surface area is 132 Å². The van der Waals surface area contributed by atoms with E-state index >= 15 is 0 Å². The van der Waals surface area contributed by atoms with E-state index in [9.17, 15) is 17.2 Å². The number of rotatable bonds is 3. The molecule has 0 saturated carbocycles. The SMILES string of the molecule is O=S(=O)(Nc1ccc2[nH]ncc2c1)c1cc(F)c(Br)cc1F. The molecule has 9 heteroatoms. The van der Waals surface area contributed by atoms with Crippen LogP contribution in [0.5, 0.6) is 0 Å². The lowest BCUT2D eigenvalue weighted by Gasteiger charge is -2.09. The van der Waals surface area contributed by atoms with Crippen molar-refractivity contribution >= 4 is 42.5 Å². The maximum atomic E-state index is 13.8. The predicted molar refractivity (Wildman–Crippen MR) is 81.0 cm³/mol. The number of fused-ring (bicyclic) bond motifs is 1. The van der Waals surface area contributed by atoms with Gasteiger partial charge in [0.25, 0.3) is 10.0 Å². The molecule has 0 fully saturated rings. The first-order chi connectivity index (χ1) is 10.4. The van der Waals surface area contributed by atoms with Crippen molar-refractivity contribution in [1.29, 1.82) is 0 Å². The number of hydrogen-bond acceptors (Lipinski definition) is 3. The minimum atomic E-state index is -4.25. The van der Waals surface area contributed by atoms with Gasteiger partial charge >= 0.3 is 0 Å². The molecule has 114 valence electrons. The monoisotopic (exact) mass is 387 g/mol. The molecule has 0 amide bonds. The van der Waals surface area contributed by atoms with Crippen molar-refractivity contribution in [3.63, 3.8) is 0 Å². The molecular formula is C13H8BrF2N3O2S. The molecule has 0 aliphatic heterocycles. The van der Waals surface area contributed by atoms with Crippen LogP contribution in [0.15, 0.2) is 45.9 Å². The molecule has 0 saturated heterocycles. The summed E-state index contributed by atoms with van der Waals surface area (Å²) in [6, 6.07) is 6.04. The number of nitrogens with zero attached hydrogens (tertiary/aromatic N) is 1. The fourth-order valence-corrected chi connectivity index (χ4v) is 3.36. The van der Waals surface area contributed by atoms with Gasteiger partial charge in [-0.15, -0.1) is 0 Å². The molecule has 0 bridgehead atoms. The number of aromatic amines is 1. The number of nitrogens with one attached hydrogen (secondary N) is 2. The number of sulfonamides is 1. The quantitative estimate of drug-likeness (QED) is 0.676. The zero-order chi connectivity index (χ0) is 15.9. The van der Waals surface area contributed by atoms with Crippen molar-refractivity contribution < 1.29 is 17.2 Å². The Morgan fingerprint density at radius 1 is 1.14 bits per heavy atom. The van der Waals surface area contributed by atoms with Gasteiger partial charge in [-0.1, -0.05) is 0 Å². The molecule has 2 N–H and O–H groups in total. The van der Waals surface area contributed by atoms with Crippen LogP contribution in [0.3, 0.4) is 0 Å². The van der Waals surface area contributed by atoms with Crippen LogP contribution in [0.4, 0.5) is 14.5 Å². The van der Waals surface area contributed by atoms with Crippen LogP contribution in [0, 0.1) is 11.6 Å². The average Bonchev–Trinajstić information content (AvgIpc) is 2.89. The van der Waals surface area contributed by atoms with Gasteiger partial charge in [-0.2, -0.15) is 5.10 Å². The molecule has 22 heavy (non-hydrogen) atoms. The van der Waals surface area contributed by atoms with Crippen LogP contribution in [0.2, 0.25) is 0 Å². The Balaban J connectivity index is 2.01. The molecule has 1 aromatic heterocycles. The molecule has 0 aliphatic carbocycles. The van der Waals surface area contributed by atoms with Crippen molar-refractivity contribution in [2.45, 2.75) is 4.90 Å². The highest BCUT2D eigenvalue weighted by atomic mass is 79.9. The largest absolute Gasteiger partial charge is 0.280 e. The Hall–Kier alpha value is -2.00. The van der Waals surface area contributed by atoms with Crippen molar-refractivity contribution in [3.05, 3.63) is 52.6 Å². The summed E-state index contributed by atoms with van der Waals surface area (Å²) in [6.45, 7) is 0. The predicted octanol–water partition coefficient (Wildman–Crippen LogP) is 3.40. The van der Waals surface area contributed by atoms with Crippen LogP contribution in [-0.2, 0) is 10.0 Å². The second-order valence-corrected chi connectivity index (χ2v) is 6.98. The number of benzene rings is 2. The molecule has 3 rings (SSSR count). The summed E-state index contributed by atoms with van der Waals surface area (Å²) in [7, 11) is -4.25. The molecule has 0 unspecified atom stereocenters. The number of hydrogen-bond donors (Lipinski definition) is 2. The maximum Gasteiger partial charge on any atom is 0.264 e. The van der Waals surface area contributed by atoms with Crippen LogP contribution < -0.4 is 4.72 Å². The number of H-pyrrole nitrogens is 1. The summed E-state index contributed by atoms with van der Waals surface area (Å²) in [4.78, 5) is -0.763. The van der Waals surface area contributed by atoms with Crippen molar-refractivity contribution in [2.75, 3.05) is 4.72 Å². The lowest BCUT2D eigenvalue weighted by atomic mass is 10.2. The van der Waals surface area contributed by atoms with Crippen molar-refractivity contribution in [2.24, 2.45) is 0 Å². The van der Waals surface area contributed by atoms with Crippen LogP contribution >= 0.6 is 15.9 Å². The molecule has 2 aromatic carbocycles. The smallest absolute Gasteiger partial charge is 0.264 e. The minimum absolute atomic E-state index is 0.149. The standard InChI is InChI=1S/C13H8BrF2N3O2S/c14-9-4-11(16)13(5-10(9)15)22(20,21)19-8-1-2-12-7(3-8)6-17-18-12/h1-6,19H,(H,17,18). The van der Waals surface area contributed by atoms with E-state index in [1.807, 2.05) is 0 Å². The zero-order valence-corrected chi connectivity index (χ0v) is 13.2. The minimum Gasteiger partial charge on any atom is -0.280 e. The summed E-state index contributed by atoms with van der Waals surface area (Å²) >= 11 is 2.80.